The van der Waals surface area contributed by atoms with Crippen LogP contribution in [0.2, 0.25) is 0 Å². The number of aromatic nitrogens is 3. The van der Waals surface area contributed by atoms with Gasteiger partial charge >= 0.3 is 5.69 Å². The van der Waals surface area contributed by atoms with Gasteiger partial charge in [-0.1, -0.05) is 103 Å². The van der Waals surface area contributed by atoms with Crippen molar-refractivity contribution in [3.05, 3.63) is 118 Å². The van der Waals surface area contributed by atoms with Gasteiger partial charge in [0.05, 0.1) is 0 Å². The summed E-state index contributed by atoms with van der Waals surface area (Å²) in [4.78, 5) is 25.7. The highest BCUT2D eigenvalue weighted by molar-refractivity contribution is 8.00. The van der Waals surface area contributed by atoms with Crippen molar-refractivity contribution in [3.8, 4) is 0 Å². The van der Waals surface area contributed by atoms with Crippen LogP contribution in [0.15, 0.2) is 101 Å². The van der Waals surface area contributed by atoms with E-state index in [1.54, 1.807) is 4.57 Å². The molecule has 1 heterocycles. The number of nitrogens with zero attached hydrogens (tertiary/aromatic N) is 2. The molecule has 0 bridgehead atoms. The number of hydrogen-bond acceptors (Lipinski definition) is 4. The number of aromatic amines is 1. The topological polar surface area (TPSA) is 67.8 Å². The molecule has 0 amide bonds. The summed E-state index contributed by atoms with van der Waals surface area (Å²) < 4.78 is 1.60. The van der Waals surface area contributed by atoms with Crippen LogP contribution in [0.5, 0.6) is 0 Å². The van der Waals surface area contributed by atoms with Crippen molar-refractivity contribution in [1.29, 1.82) is 0 Å². The number of carbonyl (C=O) groups excluding carboxylic acids is 1. The lowest BCUT2D eigenvalue weighted by Crippen LogP contribution is -2.19. The standard InChI is InChI=1S/C24H21N3O2S/c28-21(19-12-6-2-7-13-19)22(20-14-8-3-9-15-20)30-24-26-25-23(29)27(24)17-16-18-10-4-1-5-11-18/h1-15,22H,16-17H2,(H,25,29)/t22-/m1/s1. The number of ketones is 1. The second kappa shape index (κ2) is 9.41. The molecule has 3 aromatic carbocycles. The van der Waals surface area contributed by atoms with Gasteiger partial charge in [-0.15, -0.1) is 5.10 Å². The van der Waals surface area contributed by atoms with Gasteiger partial charge in [-0.2, -0.15) is 0 Å². The maximum Gasteiger partial charge on any atom is 0.343 e. The molecule has 30 heavy (non-hydrogen) atoms. The first-order chi connectivity index (χ1) is 14.7. The molecule has 1 aromatic heterocycles. The average molecular weight is 416 g/mol. The quantitative estimate of drug-likeness (QED) is 0.339. The zero-order valence-electron chi connectivity index (χ0n) is 16.3. The Hall–Kier alpha value is -3.38. The van der Waals surface area contributed by atoms with Gasteiger partial charge in [-0.3, -0.25) is 9.36 Å². The molecule has 6 heteroatoms. The fourth-order valence-electron chi connectivity index (χ4n) is 3.24. The number of benzene rings is 3. The third-order valence-electron chi connectivity index (χ3n) is 4.81. The largest absolute Gasteiger partial charge is 0.343 e. The van der Waals surface area contributed by atoms with Crippen LogP contribution in [0, 0.1) is 0 Å². The molecule has 1 N–H and O–H groups in total. The van der Waals surface area contributed by atoms with Crippen LogP contribution in [0.4, 0.5) is 0 Å². The fourth-order valence-corrected chi connectivity index (χ4v) is 4.38. The average Bonchev–Trinajstić information content (AvgIpc) is 3.16. The van der Waals surface area contributed by atoms with Crippen molar-refractivity contribution in [2.45, 2.75) is 23.4 Å². The minimum Gasteiger partial charge on any atom is -0.293 e. The Morgan fingerprint density at radius 3 is 2.17 bits per heavy atom. The lowest BCUT2D eigenvalue weighted by atomic mass is 10.0. The van der Waals surface area contributed by atoms with E-state index in [0.29, 0.717) is 23.7 Å². The summed E-state index contributed by atoms with van der Waals surface area (Å²) in [6.07, 6.45) is 0.705. The summed E-state index contributed by atoms with van der Waals surface area (Å²) in [6, 6.07) is 28.8. The molecule has 0 aliphatic heterocycles. The molecule has 4 rings (SSSR count). The van der Waals surface area contributed by atoms with Crippen LogP contribution < -0.4 is 5.69 Å². The smallest absolute Gasteiger partial charge is 0.293 e. The number of Topliss-reactive ketones (excluding diaryl/α,β-unsaturated/α-hetero) is 1. The Morgan fingerprint density at radius 1 is 0.900 bits per heavy atom. The Balaban J connectivity index is 1.62. The van der Waals surface area contributed by atoms with Gasteiger partial charge in [-0.05, 0) is 17.5 Å². The summed E-state index contributed by atoms with van der Waals surface area (Å²) in [6.45, 7) is 0.489. The molecule has 0 fully saturated rings. The number of hydrogen-bond donors (Lipinski definition) is 1. The molecule has 0 aliphatic rings. The van der Waals surface area contributed by atoms with Crippen molar-refractivity contribution < 1.29 is 4.79 Å². The van der Waals surface area contributed by atoms with Gasteiger partial charge in [-0.25, -0.2) is 9.89 Å². The Kier molecular flexibility index (Phi) is 6.25. The summed E-state index contributed by atoms with van der Waals surface area (Å²) in [7, 11) is 0. The van der Waals surface area contributed by atoms with Crippen molar-refractivity contribution in [1.82, 2.24) is 14.8 Å². The van der Waals surface area contributed by atoms with E-state index in [-0.39, 0.29) is 11.5 Å². The second-order valence-corrected chi connectivity index (χ2v) is 7.91. The van der Waals surface area contributed by atoms with Crippen LogP contribution in [-0.4, -0.2) is 20.5 Å². The Morgan fingerprint density at radius 2 is 1.50 bits per heavy atom. The highest BCUT2D eigenvalue weighted by atomic mass is 32.2. The highest BCUT2D eigenvalue weighted by Gasteiger charge is 2.26. The van der Waals surface area contributed by atoms with Gasteiger partial charge in [0.25, 0.3) is 0 Å². The summed E-state index contributed by atoms with van der Waals surface area (Å²) >= 11 is 1.30. The Labute approximate surface area is 178 Å². The lowest BCUT2D eigenvalue weighted by Gasteiger charge is -2.16. The molecule has 0 unspecified atom stereocenters. The van der Waals surface area contributed by atoms with Crippen LogP contribution >= 0.6 is 11.8 Å². The minimum atomic E-state index is -0.501. The first-order valence-electron chi connectivity index (χ1n) is 9.72. The number of nitrogens with one attached hydrogen (secondary N) is 1. The Bertz CT molecular complexity index is 1160. The first-order valence-corrected chi connectivity index (χ1v) is 10.6. The lowest BCUT2D eigenvalue weighted by molar-refractivity contribution is 0.0989. The van der Waals surface area contributed by atoms with Gasteiger partial charge in [0, 0.05) is 12.1 Å². The zero-order chi connectivity index (χ0) is 20.8. The number of aryl methyl sites for hydroxylation is 1. The van der Waals surface area contributed by atoms with Crippen LogP contribution in [0.1, 0.15) is 26.7 Å². The van der Waals surface area contributed by atoms with E-state index in [1.807, 2.05) is 91.0 Å². The molecule has 0 radical (unpaired) electrons. The maximum atomic E-state index is 13.3. The van der Waals surface area contributed by atoms with Crippen molar-refractivity contribution in [2.75, 3.05) is 0 Å². The third-order valence-corrected chi connectivity index (χ3v) is 6.06. The normalized spacial score (nSPS) is 11.9. The predicted molar refractivity (Wildman–Crippen MR) is 119 cm³/mol. The number of thioether (sulfide) groups is 1. The van der Waals surface area contributed by atoms with Crippen LogP contribution in [0.3, 0.4) is 0 Å². The molecule has 0 spiro atoms. The molecule has 150 valence electrons. The number of carbonyl (C=O) groups is 1. The fraction of sp³-hybridized carbons (Fsp3) is 0.125. The van der Waals surface area contributed by atoms with Crippen molar-refractivity contribution >= 4 is 17.5 Å². The molecule has 0 saturated carbocycles. The van der Waals surface area contributed by atoms with E-state index in [2.05, 4.69) is 10.2 Å². The van der Waals surface area contributed by atoms with E-state index >= 15 is 0 Å². The number of rotatable bonds is 8. The van der Waals surface area contributed by atoms with Gasteiger partial charge < -0.3 is 0 Å². The van der Waals surface area contributed by atoms with E-state index in [4.69, 9.17) is 0 Å². The van der Waals surface area contributed by atoms with E-state index in [1.165, 1.54) is 11.8 Å². The van der Waals surface area contributed by atoms with E-state index in [0.717, 1.165) is 11.1 Å². The van der Waals surface area contributed by atoms with Crippen molar-refractivity contribution in [3.63, 3.8) is 0 Å². The van der Waals surface area contributed by atoms with Crippen molar-refractivity contribution in [2.24, 2.45) is 0 Å². The zero-order valence-corrected chi connectivity index (χ0v) is 17.1. The van der Waals surface area contributed by atoms with Crippen LogP contribution in [0.25, 0.3) is 0 Å². The molecule has 1 atom stereocenters. The third kappa shape index (κ3) is 4.60. The highest BCUT2D eigenvalue weighted by Crippen LogP contribution is 2.36. The SMILES string of the molecule is O=C(c1ccccc1)[C@H](Sc1n[nH]c(=O)n1CCc1ccccc1)c1ccccc1. The van der Waals surface area contributed by atoms with E-state index in [9.17, 15) is 9.59 Å². The summed E-state index contributed by atoms with van der Waals surface area (Å²) in [5.41, 5.74) is 2.38. The summed E-state index contributed by atoms with van der Waals surface area (Å²) in [5, 5.41) is 6.75. The van der Waals surface area contributed by atoms with Crippen LogP contribution in [-0.2, 0) is 13.0 Å². The number of H-pyrrole nitrogens is 1. The minimum absolute atomic E-state index is 0.0168. The molecular formula is C24H21N3O2S. The molecule has 5 nitrogen and oxygen atoms in total. The first kappa shape index (κ1) is 19.9. The summed E-state index contributed by atoms with van der Waals surface area (Å²) in [5.74, 6) is -0.0168. The molecule has 0 saturated heterocycles. The van der Waals surface area contributed by atoms with E-state index < -0.39 is 5.25 Å². The molecule has 4 aromatic rings. The maximum absolute atomic E-state index is 13.3. The molecule has 0 aliphatic carbocycles. The van der Waals surface area contributed by atoms with Gasteiger partial charge in [0.2, 0.25) is 0 Å². The molecular weight excluding hydrogens is 394 g/mol. The second-order valence-electron chi connectivity index (χ2n) is 6.84. The van der Waals surface area contributed by atoms with Gasteiger partial charge in [0.15, 0.2) is 10.9 Å². The monoisotopic (exact) mass is 415 g/mol. The van der Waals surface area contributed by atoms with Gasteiger partial charge in [0.1, 0.15) is 5.25 Å². The predicted octanol–water partition coefficient (Wildman–Crippen LogP) is 4.53.